The fourth-order valence-electron chi connectivity index (χ4n) is 1.69. The van der Waals surface area contributed by atoms with Gasteiger partial charge in [0.25, 0.3) is 0 Å². The monoisotopic (exact) mass is 170 g/mol. The van der Waals surface area contributed by atoms with Gasteiger partial charge in [-0.1, -0.05) is 6.42 Å². The molecule has 1 aliphatic heterocycles. The zero-order valence-corrected chi connectivity index (χ0v) is 7.95. The molecule has 0 aromatic heterocycles. The predicted molar refractivity (Wildman–Crippen MR) is 49.8 cm³/mol. The van der Waals surface area contributed by atoms with Gasteiger partial charge >= 0.3 is 0 Å². The van der Waals surface area contributed by atoms with Gasteiger partial charge in [0, 0.05) is 0 Å². The molecule has 70 valence electrons. The first-order chi connectivity index (χ1) is 5.67. The summed E-state index contributed by atoms with van der Waals surface area (Å²) >= 11 is 0. The molecule has 0 saturated carbocycles. The summed E-state index contributed by atoms with van der Waals surface area (Å²) in [6, 6.07) is 0. The molecule has 0 unspecified atom stereocenters. The van der Waals surface area contributed by atoms with E-state index in [4.69, 9.17) is 5.21 Å². The summed E-state index contributed by atoms with van der Waals surface area (Å²) in [6.07, 6.45) is 5.48. The summed E-state index contributed by atoms with van der Waals surface area (Å²) in [5.74, 6) is 0. The highest BCUT2D eigenvalue weighted by molar-refractivity contribution is 5.68. The summed E-state index contributed by atoms with van der Waals surface area (Å²) in [5.41, 5.74) is -0.0881. The Morgan fingerprint density at radius 2 is 1.83 bits per heavy atom. The summed E-state index contributed by atoms with van der Waals surface area (Å²) in [4.78, 5) is 2.36. The van der Waals surface area contributed by atoms with Crippen molar-refractivity contribution >= 4 is 6.21 Å². The van der Waals surface area contributed by atoms with Crippen LogP contribution in [0.15, 0.2) is 5.16 Å². The van der Waals surface area contributed by atoms with E-state index in [1.807, 2.05) is 0 Å². The van der Waals surface area contributed by atoms with Crippen molar-refractivity contribution in [2.75, 3.05) is 13.1 Å². The van der Waals surface area contributed by atoms with Gasteiger partial charge in [0.2, 0.25) is 0 Å². The van der Waals surface area contributed by atoms with Crippen LogP contribution in [-0.2, 0) is 0 Å². The van der Waals surface area contributed by atoms with Gasteiger partial charge in [-0.05, 0) is 39.8 Å². The molecule has 0 amide bonds. The molecule has 0 aromatic carbocycles. The van der Waals surface area contributed by atoms with Crippen molar-refractivity contribution in [3.8, 4) is 0 Å². The smallest absolute Gasteiger partial charge is 0.0633 e. The second-order valence-corrected chi connectivity index (χ2v) is 3.95. The molecule has 0 aliphatic carbocycles. The maximum absolute atomic E-state index is 8.48. The number of likely N-dealkylation sites (tertiary alicyclic amines) is 1. The van der Waals surface area contributed by atoms with Crippen molar-refractivity contribution in [3.63, 3.8) is 0 Å². The molecule has 1 heterocycles. The number of hydrogen-bond donors (Lipinski definition) is 1. The third kappa shape index (κ3) is 2.21. The molecule has 1 N–H and O–H groups in total. The standard InChI is InChI=1S/C9H18N2O/c1-9(2,8-10-12)11-6-4-3-5-7-11/h8,12H,3-7H2,1-2H3/b10-8+. The lowest BCUT2D eigenvalue weighted by Gasteiger charge is -2.37. The zero-order valence-electron chi connectivity index (χ0n) is 7.95. The molecule has 12 heavy (non-hydrogen) atoms. The van der Waals surface area contributed by atoms with E-state index in [9.17, 15) is 0 Å². The number of nitrogens with zero attached hydrogens (tertiary/aromatic N) is 2. The molecule has 1 rings (SSSR count). The van der Waals surface area contributed by atoms with Crippen LogP contribution in [0.5, 0.6) is 0 Å². The number of hydrogen-bond acceptors (Lipinski definition) is 3. The average molecular weight is 170 g/mol. The van der Waals surface area contributed by atoms with Crippen molar-refractivity contribution in [1.82, 2.24) is 4.90 Å². The van der Waals surface area contributed by atoms with Crippen molar-refractivity contribution < 1.29 is 5.21 Å². The zero-order chi connectivity index (χ0) is 9.03. The van der Waals surface area contributed by atoms with E-state index in [-0.39, 0.29) is 5.54 Å². The Morgan fingerprint density at radius 1 is 1.25 bits per heavy atom. The van der Waals surface area contributed by atoms with Gasteiger partial charge in [-0.3, -0.25) is 4.90 Å². The number of oxime groups is 1. The number of piperidine rings is 1. The lowest BCUT2D eigenvalue weighted by Crippen LogP contribution is -2.47. The van der Waals surface area contributed by atoms with Crippen LogP contribution in [0.2, 0.25) is 0 Å². The molecular formula is C9H18N2O. The summed E-state index contributed by atoms with van der Waals surface area (Å²) in [7, 11) is 0. The quantitative estimate of drug-likeness (QED) is 0.389. The molecule has 0 atom stereocenters. The first-order valence-corrected chi connectivity index (χ1v) is 4.60. The fourth-order valence-corrected chi connectivity index (χ4v) is 1.69. The minimum absolute atomic E-state index is 0.0881. The van der Waals surface area contributed by atoms with Crippen LogP contribution >= 0.6 is 0 Å². The Bertz CT molecular complexity index is 160. The summed E-state index contributed by atoms with van der Waals surface area (Å²) < 4.78 is 0. The summed E-state index contributed by atoms with van der Waals surface area (Å²) in [6.45, 7) is 6.41. The van der Waals surface area contributed by atoms with Crippen LogP contribution < -0.4 is 0 Å². The third-order valence-corrected chi connectivity index (χ3v) is 2.54. The lowest BCUT2D eigenvalue weighted by atomic mass is 10.0. The highest BCUT2D eigenvalue weighted by atomic mass is 16.4. The van der Waals surface area contributed by atoms with E-state index in [1.165, 1.54) is 19.3 Å². The van der Waals surface area contributed by atoms with Gasteiger partial charge in [0.15, 0.2) is 0 Å². The summed E-state index contributed by atoms with van der Waals surface area (Å²) in [5, 5.41) is 11.6. The van der Waals surface area contributed by atoms with Crippen LogP contribution in [0.1, 0.15) is 33.1 Å². The third-order valence-electron chi connectivity index (χ3n) is 2.54. The second-order valence-electron chi connectivity index (χ2n) is 3.95. The minimum Gasteiger partial charge on any atom is -0.411 e. The molecule has 0 radical (unpaired) electrons. The molecule has 3 nitrogen and oxygen atoms in total. The van der Waals surface area contributed by atoms with E-state index >= 15 is 0 Å². The van der Waals surface area contributed by atoms with E-state index < -0.39 is 0 Å². The van der Waals surface area contributed by atoms with Gasteiger partial charge in [0.1, 0.15) is 0 Å². The Balaban J connectivity index is 2.53. The normalized spacial score (nSPS) is 21.8. The van der Waals surface area contributed by atoms with Crippen LogP contribution in [0, 0.1) is 0 Å². The first-order valence-electron chi connectivity index (χ1n) is 4.60. The highest BCUT2D eigenvalue weighted by Gasteiger charge is 2.25. The van der Waals surface area contributed by atoms with Crippen LogP contribution in [0.25, 0.3) is 0 Å². The van der Waals surface area contributed by atoms with Gasteiger partial charge < -0.3 is 5.21 Å². The Morgan fingerprint density at radius 3 is 2.33 bits per heavy atom. The Labute approximate surface area is 74.1 Å². The number of rotatable bonds is 2. The van der Waals surface area contributed by atoms with Crippen molar-refractivity contribution in [3.05, 3.63) is 0 Å². The van der Waals surface area contributed by atoms with Gasteiger partial charge in [-0.15, -0.1) is 5.16 Å². The maximum Gasteiger partial charge on any atom is 0.0633 e. The predicted octanol–water partition coefficient (Wildman–Crippen LogP) is 1.71. The lowest BCUT2D eigenvalue weighted by molar-refractivity contribution is 0.146. The largest absolute Gasteiger partial charge is 0.411 e. The molecule has 0 bridgehead atoms. The average Bonchev–Trinajstić information content (AvgIpc) is 2.06. The van der Waals surface area contributed by atoms with E-state index in [1.54, 1.807) is 6.21 Å². The minimum atomic E-state index is -0.0881. The Hall–Kier alpha value is -0.570. The Kier molecular flexibility index (Phi) is 3.09. The molecular weight excluding hydrogens is 152 g/mol. The molecule has 1 fully saturated rings. The highest BCUT2D eigenvalue weighted by Crippen LogP contribution is 2.18. The van der Waals surface area contributed by atoms with Gasteiger partial charge in [-0.25, -0.2) is 0 Å². The molecule has 1 aliphatic rings. The van der Waals surface area contributed by atoms with Crippen LogP contribution in [-0.4, -0.2) is 35.0 Å². The van der Waals surface area contributed by atoms with Crippen molar-refractivity contribution in [2.45, 2.75) is 38.6 Å². The molecule has 3 heteroatoms. The second kappa shape index (κ2) is 3.90. The molecule has 0 spiro atoms. The topological polar surface area (TPSA) is 35.8 Å². The molecule has 1 saturated heterocycles. The molecule has 0 aromatic rings. The first kappa shape index (κ1) is 9.52. The van der Waals surface area contributed by atoms with Crippen molar-refractivity contribution in [1.29, 1.82) is 0 Å². The van der Waals surface area contributed by atoms with Crippen molar-refractivity contribution in [2.24, 2.45) is 5.16 Å². The maximum atomic E-state index is 8.48. The SMILES string of the molecule is CC(C)(/C=N/O)N1CCCCC1. The van der Waals surface area contributed by atoms with E-state index in [0.29, 0.717) is 0 Å². The van der Waals surface area contributed by atoms with E-state index in [2.05, 4.69) is 23.9 Å². The van der Waals surface area contributed by atoms with Gasteiger partial charge in [0.05, 0.1) is 11.8 Å². The van der Waals surface area contributed by atoms with Crippen LogP contribution in [0.3, 0.4) is 0 Å². The van der Waals surface area contributed by atoms with E-state index in [0.717, 1.165) is 13.1 Å². The van der Waals surface area contributed by atoms with Crippen LogP contribution in [0.4, 0.5) is 0 Å². The van der Waals surface area contributed by atoms with Gasteiger partial charge in [-0.2, -0.15) is 0 Å². The fraction of sp³-hybridized carbons (Fsp3) is 0.889.